The van der Waals surface area contributed by atoms with E-state index < -0.39 is 42.4 Å². The Morgan fingerprint density at radius 2 is 2.06 bits per heavy atom. The molecule has 3 N–H and O–H groups in total. The highest BCUT2D eigenvalue weighted by atomic mass is 19.3. The molecular formula is C23H21F2N5O3. The minimum Gasteiger partial charge on any atom is -0.478 e. The summed E-state index contributed by atoms with van der Waals surface area (Å²) in [5.74, 6) is -3.89. The van der Waals surface area contributed by atoms with E-state index in [1.54, 1.807) is 44.3 Å². The second-order valence-electron chi connectivity index (χ2n) is 8.24. The average molecular weight is 453 g/mol. The van der Waals surface area contributed by atoms with E-state index in [1.807, 2.05) is 6.07 Å². The molecule has 170 valence electrons. The number of fused-ring (bicyclic) bond motifs is 1. The van der Waals surface area contributed by atoms with Crippen molar-refractivity contribution in [1.82, 2.24) is 9.38 Å². The minimum absolute atomic E-state index is 0.0359. The molecule has 0 spiro atoms. The summed E-state index contributed by atoms with van der Waals surface area (Å²) in [5, 5.41) is 24.9. The van der Waals surface area contributed by atoms with Crippen LogP contribution >= 0.6 is 0 Å². The number of para-hydroxylation sites is 1. The Bertz CT molecular complexity index is 1350. The summed E-state index contributed by atoms with van der Waals surface area (Å²) < 4.78 is 27.8. The van der Waals surface area contributed by atoms with Crippen LogP contribution in [0.5, 0.6) is 0 Å². The number of hydrogen-bond donors (Lipinski definition) is 3. The van der Waals surface area contributed by atoms with Crippen LogP contribution in [0.25, 0.3) is 5.65 Å². The van der Waals surface area contributed by atoms with Gasteiger partial charge in [0, 0.05) is 36.3 Å². The third kappa shape index (κ3) is 4.22. The van der Waals surface area contributed by atoms with Gasteiger partial charge >= 0.3 is 5.97 Å². The Kier molecular flexibility index (Phi) is 5.49. The quantitative estimate of drug-likeness (QED) is 0.517. The summed E-state index contributed by atoms with van der Waals surface area (Å²) in [6.07, 6.45) is 0.751. The Balaban J connectivity index is 1.79. The molecule has 1 aromatic carbocycles. The van der Waals surface area contributed by atoms with Gasteiger partial charge in [-0.3, -0.25) is 9.20 Å². The first-order valence-electron chi connectivity index (χ1n) is 10.3. The number of carboxylic acids is 1. The molecule has 1 aliphatic carbocycles. The van der Waals surface area contributed by atoms with Crippen LogP contribution in [0.3, 0.4) is 0 Å². The highest BCUT2D eigenvalue weighted by Crippen LogP contribution is 2.39. The van der Waals surface area contributed by atoms with Crippen LogP contribution in [0.2, 0.25) is 0 Å². The van der Waals surface area contributed by atoms with Crippen molar-refractivity contribution in [3.05, 3.63) is 69.1 Å². The molecule has 2 aromatic heterocycles. The lowest BCUT2D eigenvalue weighted by atomic mass is 9.88. The summed E-state index contributed by atoms with van der Waals surface area (Å²) >= 11 is 0. The molecule has 4 rings (SSSR count). The van der Waals surface area contributed by atoms with Crippen LogP contribution < -0.4 is 16.2 Å². The molecule has 0 aliphatic heterocycles. The number of rotatable bonds is 6. The zero-order valence-electron chi connectivity index (χ0n) is 17.9. The van der Waals surface area contributed by atoms with Crippen LogP contribution in [0.15, 0.2) is 41.3 Å². The van der Waals surface area contributed by atoms with E-state index in [-0.39, 0.29) is 22.6 Å². The molecule has 0 amide bonds. The van der Waals surface area contributed by atoms with E-state index in [0.29, 0.717) is 11.3 Å². The van der Waals surface area contributed by atoms with Crippen molar-refractivity contribution in [2.24, 2.45) is 0 Å². The molecule has 2 heterocycles. The molecule has 1 atom stereocenters. The van der Waals surface area contributed by atoms with Gasteiger partial charge in [0.05, 0.1) is 11.6 Å². The normalized spacial score (nSPS) is 16.0. The Labute approximate surface area is 187 Å². The van der Waals surface area contributed by atoms with E-state index in [2.05, 4.69) is 15.6 Å². The Hall–Kier alpha value is -4.00. The first-order valence-corrected chi connectivity index (χ1v) is 10.3. The fourth-order valence-corrected chi connectivity index (χ4v) is 3.99. The van der Waals surface area contributed by atoms with Gasteiger partial charge in [0.15, 0.2) is 11.4 Å². The lowest BCUT2D eigenvalue weighted by Gasteiger charge is -2.35. The summed E-state index contributed by atoms with van der Waals surface area (Å²) in [5.41, 5.74) is 1.17. The number of aromatic nitrogens is 2. The largest absolute Gasteiger partial charge is 0.478 e. The highest BCUT2D eigenvalue weighted by molar-refractivity contribution is 5.94. The second kappa shape index (κ2) is 8.16. The molecule has 3 aromatic rings. The molecule has 0 unspecified atom stereocenters. The highest BCUT2D eigenvalue weighted by Gasteiger charge is 2.45. The van der Waals surface area contributed by atoms with Gasteiger partial charge in [0.25, 0.3) is 11.5 Å². The number of alkyl halides is 2. The maximum absolute atomic E-state index is 13.3. The van der Waals surface area contributed by atoms with Gasteiger partial charge in [-0.2, -0.15) is 5.26 Å². The molecule has 1 fully saturated rings. The molecule has 10 heteroatoms. The number of nitriles is 1. The monoisotopic (exact) mass is 453 g/mol. The SMILES string of the molecule is Cc1cc([C@@H](C)Nc2ccccc2C(=O)O)c2nc(NC3CC(F)(F)C3)c(C#N)c(=O)n2c1. The molecule has 33 heavy (non-hydrogen) atoms. The van der Waals surface area contributed by atoms with Gasteiger partial charge in [-0.05, 0) is 37.6 Å². The van der Waals surface area contributed by atoms with Crippen molar-refractivity contribution in [3.63, 3.8) is 0 Å². The number of nitrogens with zero attached hydrogens (tertiary/aromatic N) is 3. The van der Waals surface area contributed by atoms with Gasteiger partial charge in [-0.25, -0.2) is 18.6 Å². The third-order valence-corrected chi connectivity index (χ3v) is 5.63. The number of aromatic carboxylic acids is 1. The van der Waals surface area contributed by atoms with Crippen molar-refractivity contribution in [2.75, 3.05) is 10.6 Å². The Morgan fingerprint density at radius 1 is 1.36 bits per heavy atom. The number of aryl methyl sites for hydroxylation is 1. The topological polar surface area (TPSA) is 120 Å². The second-order valence-corrected chi connectivity index (χ2v) is 8.24. The van der Waals surface area contributed by atoms with Crippen LogP contribution in [0.4, 0.5) is 20.3 Å². The van der Waals surface area contributed by atoms with Crippen molar-refractivity contribution in [1.29, 1.82) is 5.26 Å². The van der Waals surface area contributed by atoms with Crippen LogP contribution in [-0.4, -0.2) is 32.4 Å². The van der Waals surface area contributed by atoms with E-state index in [4.69, 9.17) is 0 Å². The maximum atomic E-state index is 13.3. The lowest BCUT2D eigenvalue weighted by molar-refractivity contribution is -0.0794. The third-order valence-electron chi connectivity index (χ3n) is 5.63. The smallest absolute Gasteiger partial charge is 0.337 e. The summed E-state index contributed by atoms with van der Waals surface area (Å²) in [4.78, 5) is 29.1. The standard InChI is InChI=1S/C23H21F2N5O3/c1-12-7-16(13(2)27-18-6-4-3-5-15(18)22(32)33)20-29-19(28-14-8-23(24,25)9-14)17(10-26)21(31)30(20)11-12/h3-7,11,13-14,27-28H,8-9H2,1-2H3,(H,32,33)/t13-/m1/s1. The summed E-state index contributed by atoms with van der Waals surface area (Å²) in [7, 11) is 0. The first-order chi connectivity index (χ1) is 15.6. The number of carboxylic acid groups (broad SMARTS) is 1. The first kappa shape index (κ1) is 22.2. The predicted molar refractivity (Wildman–Crippen MR) is 118 cm³/mol. The molecule has 0 bridgehead atoms. The number of hydrogen-bond acceptors (Lipinski definition) is 6. The van der Waals surface area contributed by atoms with Gasteiger partial charge in [0.2, 0.25) is 0 Å². The van der Waals surface area contributed by atoms with Crippen LogP contribution in [0.1, 0.15) is 52.9 Å². The predicted octanol–water partition coefficient (Wildman–Crippen LogP) is 3.96. The van der Waals surface area contributed by atoms with E-state index in [9.17, 15) is 28.7 Å². The molecule has 8 nitrogen and oxygen atoms in total. The number of nitrogens with one attached hydrogen (secondary N) is 2. The number of halogens is 2. The summed E-state index contributed by atoms with van der Waals surface area (Å²) in [6.45, 7) is 3.57. The molecular weight excluding hydrogens is 432 g/mol. The number of pyridine rings is 1. The number of carbonyl (C=O) groups is 1. The average Bonchev–Trinajstić information content (AvgIpc) is 2.73. The van der Waals surface area contributed by atoms with Crippen molar-refractivity contribution in [2.45, 2.75) is 44.7 Å². The van der Waals surface area contributed by atoms with Crippen LogP contribution in [-0.2, 0) is 0 Å². The Morgan fingerprint density at radius 3 is 2.70 bits per heavy atom. The van der Waals surface area contributed by atoms with Gasteiger partial charge in [0.1, 0.15) is 11.7 Å². The zero-order chi connectivity index (χ0) is 23.9. The van der Waals surface area contributed by atoms with E-state index in [0.717, 1.165) is 5.56 Å². The van der Waals surface area contributed by atoms with E-state index >= 15 is 0 Å². The van der Waals surface area contributed by atoms with Crippen molar-refractivity contribution in [3.8, 4) is 6.07 Å². The van der Waals surface area contributed by atoms with Gasteiger partial charge in [-0.1, -0.05) is 12.1 Å². The van der Waals surface area contributed by atoms with Crippen molar-refractivity contribution < 1.29 is 18.7 Å². The van der Waals surface area contributed by atoms with E-state index in [1.165, 1.54) is 10.5 Å². The number of benzene rings is 1. The molecule has 1 aliphatic rings. The van der Waals surface area contributed by atoms with Crippen LogP contribution in [0, 0.1) is 18.3 Å². The van der Waals surface area contributed by atoms with Gasteiger partial charge in [-0.15, -0.1) is 0 Å². The van der Waals surface area contributed by atoms with Crippen molar-refractivity contribution >= 4 is 23.1 Å². The fraction of sp³-hybridized carbons (Fsp3) is 0.304. The summed E-state index contributed by atoms with van der Waals surface area (Å²) in [6, 6.07) is 9.00. The minimum atomic E-state index is -2.77. The fourth-order valence-electron chi connectivity index (χ4n) is 3.99. The maximum Gasteiger partial charge on any atom is 0.337 e. The number of anilines is 2. The zero-order valence-corrected chi connectivity index (χ0v) is 17.9. The lowest BCUT2D eigenvalue weighted by Crippen LogP contribution is -2.45. The molecule has 1 saturated carbocycles. The molecule has 0 radical (unpaired) electrons. The molecule has 0 saturated heterocycles. The van der Waals surface area contributed by atoms with Gasteiger partial charge < -0.3 is 15.7 Å².